The molecule has 0 spiro atoms. The third kappa shape index (κ3) is 3.59. The van der Waals surface area contributed by atoms with Gasteiger partial charge in [-0.05, 0) is 23.7 Å². The van der Waals surface area contributed by atoms with Crippen LogP contribution in [0.3, 0.4) is 0 Å². The lowest BCUT2D eigenvalue weighted by Crippen LogP contribution is -2.42. The number of halogens is 1. The van der Waals surface area contributed by atoms with Crippen molar-refractivity contribution in [2.45, 2.75) is 32.3 Å². The molecule has 124 valence electrons. The zero-order chi connectivity index (χ0) is 16.6. The van der Waals surface area contributed by atoms with Crippen LogP contribution >= 0.6 is 22.9 Å². The number of furan rings is 1. The summed E-state index contributed by atoms with van der Waals surface area (Å²) >= 11 is 7.32. The molecule has 0 saturated carbocycles. The number of hydrogen-bond donors (Lipinski definition) is 0. The van der Waals surface area contributed by atoms with Gasteiger partial charge < -0.3 is 14.1 Å². The summed E-state index contributed by atoms with van der Waals surface area (Å²) in [6, 6.07) is 3.17. The second kappa shape index (κ2) is 6.26. The molecule has 0 aliphatic carbocycles. The molecule has 3 rings (SSSR count). The van der Waals surface area contributed by atoms with Crippen molar-refractivity contribution in [2.24, 2.45) is 0 Å². The molecule has 2 aromatic heterocycles. The molecule has 1 aliphatic heterocycles. The predicted octanol–water partition coefficient (Wildman–Crippen LogP) is 3.90. The van der Waals surface area contributed by atoms with Gasteiger partial charge in [-0.3, -0.25) is 4.79 Å². The van der Waals surface area contributed by atoms with Crippen LogP contribution in [-0.4, -0.2) is 35.5 Å². The van der Waals surface area contributed by atoms with Crippen molar-refractivity contribution in [1.82, 2.24) is 9.88 Å². The molecule has 0 radical (unpaired) electrons. The van der Waals surface area contributed by atoms with Gasteiger partial charge in [-0.15, -0.1) is 11.3 Å². The maximum absolute atomic E-state index is 12.5. The molecule has 0 aromatic carbocycles. The Morgan fingerprint density at radius 2 is 2.22 bits per heavy atom. The fraction of sp³-hybridized carbons (Fsp3) is 0.500. The molecule has 1 saturated heterocycles. The van der Waals surface area contributed by atoms with E-state index in [4.69, 9.17) is 20.8 Å². The number of rotatable bonds is 2. The summed E-state index contributed by atoms with van der Waals surface area (Å²) in [4.78, 5) is 18.9. The van der Waals surface area contributed by atoms with Crippen LogP contribution in [0.15, 0.2) is 21.9 Å². The topological polar surface area (TPSA) is 55.6 Å². The van der Waals surface area contributed by atoms with Gasteiger partial charge in [-0.2, -0.15) is 0 Å². The van der Waals surface area contributed by atoms with Gasteiger partial charge in [0.25, 0.3) is 5.91 Å². The molecular weight excluding hydrogens is 336 g/mol. The van der Waals surface area contributed by atoms with Gasteiger partial charge in [0.15, 0.2) is 11.0 Å². The lowest BCUT2D eigenvalue weighted by molar-refractivity contribution is -0.0239. The zero-order valence-electron chi connectivity index (χ0n) is 13.3. The second-order valence-electron chi connectivity index (χ2n) is 6.54. The second-order valence-corrected chi connectivity index (χ2v) is 7.80. The molecule has 1 amide bonds. The fourth-order valence-corrected chi connectivity index (χ4v) is 3.58. The van der Waals surface area contributed by atoms with E-state index in [0.29, 0.717) is 19.7 Å². The first kappa shape index (κ1) is 16.5. The van der Waals surface area contributed by atoms with Gasteiger partial charge in [0.2, 0.25) is 0 Å². The Morgan fingerprint density at radius 1 is 1.43 bits per heavy atom. The van der Waals surface area contributed by atoms with E-state index in [1.807, 2.05) is 0 Å². The summed E-state index contributed by atoms with van der Waals surface area (Å²) in [7, 11) is 0. The number of carbonyl (C=O) groups excluding carboxylic acids is 1. The highest BCUT2D eigenvalue weighted by Crippen LogP contribution is 2.30. The maximum atomic E-state index is 12.5. The van der Waals surface area contributed by atoms with E-state index in [-0.39, 0.29) is 28.4 Å². The van der Waals surface area contributed by atoms with Crippen LogP contribution in [0.4, 0.5) is 0 Å². The summed E-state index contributed by atoms with van der Waals surface area (Å²) in [5, 5.41) is 3.18. The van der Waals surface area contributed by atoms with E-state index in [0.717, 1.165) is 10.7 Å². The SMILES string of the molecule is CC(C)(C)c1csc(C2CN(C(=O)c3ccc(Cl)o3)CCO2)n1. The molecule has 5 nitrogen and oxygen atoms in total. The first-order valence-corrected chi connectivity index (χ1v) is 8.72. The van der Waals surface area contributed by atoms with Crippen molar-refractivity contribution in [2.75, 3.05) is 19.7 Å². The highest BCUT2D eigenvalue weighted by molar-refractivity contribution is 7.09. The Bertz CT molecular complexity index is 704. The predicted molar refractivity (Wildman–Crippen MR) is 89.1 cm³/mol. The molecule has 0 bridgehead atoms. The molecule has 2 aromatic rings. The molecular formula is C16H19ClN2O3S. The molecule has 1 atom stereocenters. The van der Waals surface area contributed by atoms with Crippen molar-refractivity contribution in [3.63, 3.8) is 0 Å². The van der Waals surface area contributed by atoms with Crippen LogP contribution in [0.2, 0.25) is 5.22 Å². The molecule has 7 heteroatoms. The summed E-state index contributed by atoms with van der Waals surface area (Å²) in [5.41, 5.74) is 1.05. The lowest BCUT2D eigenvalue weighted by Gasteiger charge is -2.31. The summed E-state index contributed by atoms with van der Waals surface area (Å²) in [6.45, 7) is 7.87. The number of hydrogen-bond acceptors (Lipinski definition) is 5. The van der Waals surface area contributed by atoms with Crippen molar-refractivity contribution in [1.29, 1.82) is 0 Å². The maximum Gasteiger partial charge on any atom is 0.289 e. The van der Waals surface area contributed by atoms with E-state index in [1.165, 1.54) is 0 Å². The number of ether oxygens (including phenoxy) is 1. The Labute approximate surface area is 144 Å². The van der Waals surface area contributed by atoms with Crippen LogP contribution in [0.1, 0.15) is 48.1 Å². The Kier molecular flexibility index (Phi) is 4.49. The van der Waals surface area contributed by atoms with Gasteiger partial charge in [-0.1, -0.05) is 20.8 Å². The van der Waals surface area contributed by atoms with Gasteiger partial charge >= 0.3 is 0 Å². The Morgan fingerprint density at radius 3 is 2.83 bits per heavy atom. The van der Waals surface area contributed by atoms with Crippen molar-refractivity contribution in [3.05, 3.63) is 39.2 Å². The minimum absolute atomic E-state index is 0.00381. The highest BCUT2D eigenvalue weighted by atomic mass is 35.5. The molecule has 1 aliphatic rings. The molecule has 0 N–H and O–H groups in total. The van der Waals surface area contributed by atoms with Crippen LogP contribution in [0.25, 0.3) is 0 Å². The summed E-state index contributed by atoms with van der Waals surface area (Å²) in [5.74, 6) is 0.0861. The quantitative estimate of drug-likeness (QED) is 0.820. The summed E-state index contributed by atoms with van der Waals surface area (Å²) in [6.07, 6.45) is -0.195. The van der Waals surface area contributed by atoms with Crippen LogP contribution in [0.5, 0.6) is 0 Å². The Balaban J connectivity index is 1.73. The van der Waals surface area contributed by atoms with E-state index in [2.05, 4.69) is 31.1 Å². The van der Waals surface area contributed by atoms with Crippen LogP contribution < -0.4 is 0 Å². The number of aromatic nitrogens is 1. The third-order valence-corrected chi connectivity index (χ3v) is 4.84. The monoisotopic (exact) mass is 354 g/mol. The van der Waals surface area contributed by atoms with Crippen LogP contribution in [0, 0.1) is 0 Å². The average Bonchev–Trinajstić information content (AvgIpc) is 3.15. The molecule has 1 unspecified atom stereocenters. The van der Waals surface area contributed by atoms with Gasteiger partial charge in [-0.25, -0.2) is 4.98 Å². The number of nitrogens with zero attached hydrogens (tertiary/aromatic N) is 2. The molecule has 3 heterocycles. The van der Waals surface area contributed by atoms with Gasteiger partial charge in [0, 0.05) is 17.3 Å². The molecule has 23 heavy (non-hydrogen) atoms. The van der Waals surface area contributed by atoms with Gasteiger partial charge in [0.05, 0.1) is 18.8 Å². The first-order valence-electron chi connectivity index (χ1n) is 7.47. The van der Waals surface area contributed by atoms with Crippen molar-refractivity contribution < 1.29 is 13.9 Å². The standard InChI is InChI=1S/C16H19ClN2O3S/c1-16(2,3)12-9-23-14(18-12)11-8-19(6-7-21-11)15(20)10-4-5-13(17)22-10/h4-5,9,11H,6-8H2,1-3H3. The van der Waals surface area contributed by atoms with Crippen molar-refractivity contribution >= 4 is 28.8 Å². The van der Waals surface area contributed by atoms with E-state index >= 15 is 0 Å². The molecule has 1 fully saturated rings. The minimum Gasteiger partial charge on any atom is -0.440 e. The van der Waals surface area contributed by atoms with E-state index in [9.17, 15) is 4.79 Å². The number of thiazole rings is 1. The Hall–Kier alpha value is -1.37. The lowest BCUT2D eigenvalue weighted by atomic mass is 9.93. The fourth-order valence-electron chi connectivity index (χ4n) is 2.35. The number of morpholine rings is 1. The van der Waals surface area contributed by atoms with Gasteiger partial charge in [0.1, 0.15) is 11.1 Å². The summed E-state index contributed by atoms with van der Waals surface area (Å²) < 4.78 is 11.0. The van der Waals surface area contributed by atoms with E-state index in [1.54, 1.807) is 28.4 Å². The number of carbonyl (C=O) groups is 1. The number of amides is 1. The smallest absolute Gasteiger partial charge is 0.289 e. The third-order valence-electron chi connectivity index (χ3n) is 3.70. The normalized spacial score (nSPS) is 19.1. The average molecular weight is 355 g/mol. The minimum atomic E-state index is -0.195. The zero-order valence-corrected chi connectivity index (χ0v) is 14.9. The van der Waals surface area contributed by atoms with Crippen LogP contribution in [-0.2, 0) is 10.2 Å². The van der Waals surface area contributed by atoms with E-state index < -0.39 is 0 Å². The highest BCUT2D eigenvalue weighted by Gasteiger charge is 2.30. The largest absolute Gasteiger partial charge is 0.440 e. The van der Waals surface area contributed by atoms with Crippen molar-refractivity contribution in [3.8, 4) is 0 Å². The first-order chi connectivity index (χ1) is 10.8.